The lowest BCUT2D eigenvalue weighted by Crippen LogP contribution is -2.50. The molecule has 0 N–H and O–H groups in total. The highest BCUT2D eigenvalue weighted by Crippen LogP contribution is 2.26. The van der Waals surface area contributed by atoms with Crippen molar-refractivity contribution in [2.24, 2.45) is 5.92 Å². The van der Waals surface area contributed by atoms with Crippen molar-refractivity contribution in [1.29, 1.82) is 0 Å². The maximum absolute atomic E-state index is 13.5. The van der Waals surface area contributed by atoms with E-state index in [4.69, 9.17) is 4.74 Å². The number of carbonyl (C=O) groups excluding carboxylic acids is 2. The van der Waals surface area contributed by atoms with Gasteiger partial charge in [0.15, 0.2) is 0 Å². The summed E-state index contributed by atoms with van der Waals surface area (Å²) < 4.78 is 5.45. The van der Waals surface area contributed by atoms with Crippen LogP contribution in [0.2, 0.25) is 0 Å². The van der Waals surface area contributed by atoms with Gasteiger partial charge in [-0.2, -0.15) is 0 Å². The van der Waals surface area contributed by atoms with Gasteiger partial charge in [0.25, 0.3) is 5.69 Å². The van der Waals surface area contributed by atoms with Crippen molar-refractivity contribution in [2.45, 2.75) is 32.1 Å². The molecule has 0 spiro atoms. The molecule has 9 heteroatoms. The quantitative estimate of drug-likeness (QED) is 0.221. The standard InChI is InChI=1S/C32H40N4O5/c1-41-30-12-6-5-8-27(30)11-7-19-35(32(38)28-9-3-2-4-10-28)25-22-33-20-23-34(24-21-33)31(37)18-15-26-13-16-29(17-14-26)36(39)40/h5-8,11-18,28H,2-4,9-10,19-25H2,1H3/b11-7+,18-15+. The molecule has 2 aromatic rings. The average Bonchev–Trinajstić information content (AvgIpc) is 3.02. The van der Waals surface area contributed by atoms with Crippen LogP contribution in [0.1, 0.15) is 43.2 Å². The highest BCUT2D eigenvalue weighted by Gasteiger charge is 2.26. The van der Waals surface area contributed by atoms with Crippen molar-refractivity contribution in [3.8, 4) is 5.75 Å². The fourth-order valence-corrected chi connectivity index (χ4v) is 5.44. The van der Waals surface area contributed by atoms with E-state index in [1.54, 1.807) is 25.3 Å². The molecule has 2 amide bonds. The van der Waals surface area contributed by atoms with Crippen LogP contribution in [0.3, 0.4) is 0 Å². The second kappa shape index (κ2) is 15.1. The van der Waals surface area contributed by atoms with E-state index in [-0.39, 0.29) is 23.4 Å². The molecular weight excluding hydrogens is 520 g/mol. The lowest BCUT2D eigenvalue weighted by Gasteiger charge is -2.36. The largest absolute Gasteiger partial charge is 0.496 e. The number of para-hydroxylation sites is 1. The normalized spacial score (nSPS) is 16.8. The molecule has 2 aromatic carbocycles. The second-order valence-electron chi connectivity index (χ2n) is 10.6. The van der Waals surface area contributed by atoms with Gasteiger partial charge in [-0.1, -0.05) is 49.6 Å². The SMILES string of the molecule is COc1ccccc1/C=C/CN(CCN1CCN(C(=O)/C=C/c2ccc([N+](=O)[O-])cc2)CC1)C(=O)C1CCCCC1. The molecule has 2 aliphatic rings. The smallest absolute Gasteiger partial charge is 0.269 e. The molecule has 1 aliphatic carbocycles. The van der Waals surface area contributed by atoms with Gasteiger partial charge < -0.3 is 14.5 Å². The van der Waals surface area contributed by atoms with Crippen molar-refractivity contribution in [3.05, 3.63) is 81.9 Å². The van der Waals surface area contributed by atoms with Gasteiger partial charge in [0, 0.05) is 75.5 Å². The number of carbonyl (C=O) groups is 2. The zero-order valence-corrected chi connectivity index (χ0v) is 23.8. The van der Waals surface area contributed by atoms with E-state index in [1.807, 2.05) is 46.2 Å². The maximum atomic E-state index is 13.5. The number of piperazine rings is 1. The van der Waals surface area contributed by atoms with Crippen molar-refractivity contribution in [3.63, 3.8) is 0 Å². The van der Waals surface area contributed by atoms with Crippen LogP contribution in [0, 0.1) is 16.0 Å². The molecule has 0 radical (unpaired) electrons. The number of amides is 2. The van der Waals surface area contributed by atoms with Gasteiger partial charge in [-0.3, -0.25) is 24.6 Å². The summed E-state index contributed by atoms with van der Waals surface area (Å²) in [6.07, 6.45) is 12.7. The van der Waals surface area contributed by atoms with E-state index in [1.165, 1.54) is 24.6 Å². The Kier molecular flexibility index (Phi) is 11.1. The van der Waals surface area contributed by atoms with Crippen LogP contribution in [-0.4, -0.2) is 84.4 Å². The first-order valence-electron chi connectivity index (χ1n) is 14.5. The van der Waals surface area contributed by atoms with Crippen molar-refractivity contribution in [2.75, 3.05) is 52.9 Å². The summed E-state index contributed by atoms with van der Waals surface area (Å²) in [4.78, 5) is 42.7. The fourth-order valence-electron chi connectivity index (χ4n) is 5.44. The molecule has 2 fully saturated rings. The summed E-state index contributed by atoms with van der Waals surface area (Å²) in [5, 5.41) is 10.8. The molecule has 1 saturated carbocycles. The van der Waals surface area contributed by atoms with Crippen molar-refractivity contribution < 1.29 is 19.2 Å². The Labute approximate surface area is 242 Å². The first-order valence-corrected chi connectivity index (χ1v) is 14.5. The number of methoxy groups -OCH3 is 1. The molecular formula is C32H40N4O5. The molecule has 0 aromatic heterocycles. The third-order valence-corrected chi connectivity index (χ3v) is 7.92. The van der Waals surface area contributed by atoms with Crippen LogP contribution in [0.25, 0.3) is 12.2 Å². The summed E-state index contributed by atoms with van der Waals surface area (Å²) in [6, 6.07) is 14.0. The minimum atomic E-state index is -0.442. The Morgan fingerprint density at radius 1 is 1.00 bits per heavy atom. The number of hydrogen-bond donors (Lipinski definition) is 0. The Bertz CT molecular complexity index is 1230. The van der Waals surface area contributed by atoms with E-state index in [9.17, 15) is 19.7 Å². The zero-order valence-electron chi connectivity index (χ0n) is 23.8. The van der Waals surface area contributed by atoms with E-state index < -0.39 is 4.92 Å². The first kappa shape index (κ1) is 30.0. The number of non-ortho nitro benzene ring substituents is 1. The van der Waals surface area contributed by atoms with Crippen LogP contribution in [-0.2, 0) is 9.59 Å². The van der Waals surface area contributed by atoms with Crippen LogP contribution in [0.5, 0.6) is 5.75 Å². The topological polar surface area (TPSA) is 96.2 Å². The molecule has 1 heterocycles. The van der Waals surface area contributed by atoms with E-state index in [0.717, 1.165) is 62.2 Å². The highest BCUT2D eigenvalue weighted by atomic mass is 16.6. The predicted octanol–water partition coefficient (Wildman–Crippen LogP) is 4.88. The summed E-state index contributed by atoms with van der Waals surface area (Å²) in [5.74, 6) is 1.10. The number of ether oxygens (including phenoxy) is 1. The first-order chi connectivity index (χ1) is 19.9. The van der Waals surface area contributed by atoms with Gasteiger partial charge in [-0.05, 0) is 42.7 Å². The van der Waals surface area contributed by atoms with Gasteiger partial charge in [0.05, 0.1) is 12.0 Å². The van der Waals surface area contributed by atoms with Crippen molar-refractivity contribution >= 4 is 29.7 Å². The molecule has 0 atom stereocenters. The molecule has 41 heavy (non-hydrogen) atoms. The minimum absolute atomic E-state index is 0.0241. The van der Waals surface area contributed by atoms with Gasteiger partial charge in [-0.25, -0.2) is 0 Å². The molecule has 4 rings (SSSR count). The minimum Gasteiger partial charge on any atom is -0.496 e. The van der Waals surface area contributed by atoms with Gasteiger partial charge in [0.2, 0.25) is 11.8 Å². The van der Waals surface area contributed by atoms with E-state index in [0.29, 0.717) is 26.2 Å². The van der Waals surface area contributed by atoms with Crippen molar-refractivity contribution in [1.82, 2.24) is 14.7 Å². The number of benzene rings is 2. The second-order valence-corrected chi connectivity index (χ2v) is 10.6. The molecule has 1 saturated heterocycles. The lowest BCUT2D eigenvalue weighted by molar-refractivity contribution is -0.384. The number of nitrogens with zero attached hydrogens (tertiary/aromatic N) is 4. The molecule has 0 unspecified atom stereocenters. The predicted molar refractivity (Wildman–Crippen MR) is 160 cm³/mol. The monoisotopic (exact) mass is 560 g/mol. The Balaban J connectivity index is 1.29. The average molecular weight is 561 g/mol. The van der Waals surface area contributed by atoms with E-state index >= 15 is 0 Å². The summed E-state index contributed by atoms with van der Waals surface area (Å²) >= 11 is 0. The molecule has 9 nitrogen and oxygen atoms in total. The Hall–Kier alpha value is -3.98. The maximum Gasteiger partial charge on any atom is 0.269 e. The number of hydrogen-bond acceptors (Lipinski definition) is 6. The Morgan fingerprint density at radius 2 is 1.71 bits per heavy atom. The van der Waals surface area contributed by atoms with Gasteiger partial charge in [-0.15, -0.1) is 0 Å². The third kappa shape index (κ3) is 8.75. The summed E-state index contributed by atoms with van der Waals surface area (Å²) in [6.45, 7) is 4.71. The van der Waals surface area contributed by atoms with Gasteiger partial charge >= 0.3 is 0 Å². The number of rotatable bonds is 11. The summed E-state index contributed by atoms with van der Waals surface area (Å²) in [5.41, 5.74) is 1.75. The fraction of sp³-hybridized carbons (Fsp3) is 0.438. The van der Waals surface area contributed by atoms with Crippen LogP contribution >= 0.6 is 0 Å². The zero-order chi connectivity index (χ0) is 29.0. The highest BCUT2D eigenvalue weighted by molar-refractivity contribution is 5.91. The van der Waals surface area contributed by atoms with Crippen LogP contribution in [0.15, 0.2) is 60.7 Å². The summed E-state index contributed by atoms with van der Waals surface area (Å²) in [7, 11) is 1.66. The van der Waals surface area contributed by atoms with Crippen LogP contribution < -0.4 is 4.74 Å². The molecule has 1 aliphatic heterocycles. The third-order valence-electron chi connectivity index (χ3n) is 7.92. The Morgan fingerprint density at radius 3 is 2.39 bits per heavy atom. The molecule has 218 valence electrons. The van der Waals surface area contributed by atoms with E-state index in [2.05, 4.69) is 4.90 Å². The lowest BCUT2D eigenvalue weighted by atomic mass is 9.88. The van der Waals surface area contributed by atoms with Gasteiger partial charge in [0.1, 0.15) is 5.75 Å². The number of nitro groups is 1. The number of nitro benzene ring substituents is 1. The van der Waals surface area contributed by atoms with Crippen LogP contribution in [0.4, 0.5) is 5.69 Å². The molecule has 0 bridgehead atoms.